The van der Waals surface area contributed by atoms with Crippen molar-refractivity contribution in [1.82, 2.24) is 0 Å². The van der Waals surface area contributed by atoms with Crippen LogP contribution in [0.1, 0.15) is 17.5 Å². The van der Waals surface area contributed by atoms with Gasteiger partial charge in [0.2, 0.25) is 0 Å². The zero-order valence-corrected chi connectivity index (χ0v) is 10.5. The van der Waals surface area contributed by atoms with Crippen molar-refractivity contribution in [3.8, 4) is 5.75 Å². The maximum atomic E-state index is 5.47. The van der Waals surface area contributed by atoms with Gasteiger partial charge in [-0.1, -0.05) is 0 Å². The molecule has 0 heterocycles. The minimum atomic E-state index is 0.765. The zero-order valence-electron chi connectivity index (χ0n) is 9.67. The van der Waals surface area contributed by atoms with Crippen molar-refractivity contribution in [2.45, 2.75) is 25.2 Å². The molecule has 1 rings (SSSR count). The Bertz CT molecular complexity index is 326. The summed E-state index contributed by atoms with van der Waals surface area (Å²) in [6.07, 6.45) is 1.06. The summed E-state index contributed by atoms with van der Waals surface area (Å²) in [7, 11) is 1.71. The third kappa shape index (κ3) is 3.43. The second-order valence-electron chi connectivity index (χ2n) is 3.58. The smallest absolute Gasteiger partial charge is 0.122 e. The lowest BCUT2D eigenvalue weighted by atomic mass is 10.1. The number of hydrogen-bond acceptors (Lipinski definition) is 3. The molecule has 1 aromatic rings. The molecule has 84 valence electrons. The molecular formula is C12H19NOS. The average molecular weight is 225 g/mol. The highest BCUT2D eigenvalue weighted by Crippen LogP contribution is 2.29. The van der Waals surface area contributed by atoms with Crippen molar-refractivity contribution in [2.24, 2.45) is 5.73 Å². The summed E-state index contributed by atoms with van der Waals surface area (Å²) >= 11 is 1.87. The van der Waals surface area contributed by atoms with Crippen LogP contribution in [0.5, 0.6) is 5.75 Å². The lowest BCUT2D eigenvalue weighted by Crippen LogP contribution is -1.99. The van der Waals surface area contributed by atoms with Crippen LogP contribution >= 0.6 is 11.8 Å². The van der Waals surface area contributed by atoms with E-state index in [2.05, 4.69) is 26.0 Å². The molecule has 2 nitrogen and oxygen atoms in total. The van der Waals surface area contributed by atoms with E-state index in [4.69, 9.17) is 10.5 Å². The Labute approximate surface area is 96.2 Å². The highest BCUT2D eigenvalue weighted by Gasteiger charge is 2.04. The number of nitrogens with two attached hydrogens (primary N) is 1. The average Bonchev–Trinajstić information content (AvgIpc) is 2.23. The molecule has 2 N–H and O–H groups in total. The lowest BCUT2D eigenvalue weighted by molar-refractivity contribution is 0.411. The highest BCUT2D eigenvalue weighted by atomic mass is 32.2. The normalized spacial score (nSPS) is 10.4. The number of methoxy groups -OCH3 is 1. The third-order valence-electron chi connectivity index (χ3n) is 2.30. The van der Waals surface area contributed by atoms with Crippen molar-refractivity contribution in [2.75, 3.05) is 19.4 Å². The van der Waals surface area contributed by atoms with Crippen LogP contribution in [0.2, 0.25) is 0 Å². The van der Waals surface area contributed by atoms with E-state index in [1.807, 2.05) is 11.8 Å². The quantitative estimate of drug-likeness (QED) is 0.618. The lowest BCUT2D eigenvalue weighted by Gasteiger charge is -2.10. The standard InChI is InChI=1S/C12H19NOS/c1-9-8-12(15-6-4-5-13)10(2)7-11(9)14-3/h7-8H,4-6,13H2,1-3H3. The first kappa shape index (κ1) is 12.4. The van der Waals surface area contributed by atoms with E-state index >= 15 is 0 Å². The molecule has 0 aliphatic carbocycles. The number of thioether (sulfide) groups is 1. The number of aryl methyl sites for hydroxylation is 2. The Morgan fingerprint density at radius 3 is 2.60 bits per heavy atom. The molecule has 3 heteroatoms. The van der Waals surface area contributed by atoms with Gasteiger partial charge in [-0.2, -0.15) is 0 Å². The van der Waals surface area contributed by atoms with Gasteiger partial charge in [-0.25, -0.2) is 0 Å². The van der Waals surface area contributed by atoms with Gasteiger partial charge in [0.15, 0.2) is 0 Å². The van der Waals surface area contributed by atoms with Gasteiger partial charge in [0.05, 0.1) is 7.11 Å². The molecule has 0 radical (unpaired) electrons. The molecule has 0 bridgehead atoms. The summed E-state index contributed by atoms with van der Waals surface area (Å²) in [5.41, 5.74) is 7.94. The van der Waals surface area contributed by atoms with Crippen molar-refractivity contribution in [3.05, 3.63) is 23.3 Å². The Hall–Kier alpha value is -0.670. The molecule has 15 heavy (non-hydrogen) atoms. The van der Waals surface area contributed by atoms with Crippen LogP contribution in [0.25, 0.3) is 0 Å². The van der Waals surface area contributed by atoms with Crippen LogP contribution in [-0.4, -0.2) is 19.4 Å². The Balaban J connectivity index is 2.76. The molecule has 0 spiro atoms. The predicted octanol–water partition coefficient (Wildman–Crippen LogP) is 2.75. The third-order valence-corrected chi connectivity index (χ3v) is 3.54. The highest BCUT2D eigenvalue weighted by molar-refractivity contribution is 7.99. The number of ether oxygens (including phenoxy) is 1. The van der Waals surface area contributed by atoms with Gasteiger partial charge in [-0.15, -0.1) is 11.8 Å². The van der Waals surface area contributed by atoms with Gasteiger partial charge in [0.25, 0.3) is 0 Å². The molecule has 0 aliphatic heterocycles. The minimum absolute atomic E-state index is 0.765. The van der Waals surface area contributed by atoms with Crippen LogP contribution in [-0.2, 0) is 0 Å². The molecule has 0 aromatic heterocycles. The largest absolute Gasteiger partial charge is 0.496 e. The van der Waals surface area contributed by atoms with Gasteiger partial charge in [-0.3, -0.25) is 0 Å². The van der Waals surface area contributed by atoms with Gasteiger partial charge in [0.1, 0.15) is 5.75 Å². The van der Waals surface area contributed by atoms with Crippen molar-refractivity contribution >= 4 is 11.8 Å². The number of benzene rings is 1. The van der Waals surface area contributed by atoms with E-state index < -0.39 is 0 Å². The molecule has 0 unspecified atom stereocenters. The fraction of sp³-hybridized carbons (Fsp3) is 0.500. The second-order valence-corrected chi connectivity index (χ2v) is 4.71. The monoisotopic (exact) mass is 225 g/mol. The summed E-state index contributed by atoms with van der Waals surface area (Å²) in [6, 6.07) is 4.29. The summed E-state index contributed by atoms with van der Waals surface area (Å²) in [5, 5.41) is 0. The van der Waals surface area contributed by atoms with Gasteiger partial charge >= 0.3 is 0 Å². The predicted molar refractivity (Wildman–Crippen MR) is 66.9 cm³/mol. The number of hydrogen-bond donors (Lipinski definition) is 1. The topological polar surface area (TPSA) is 35.2 Å². The van der Waals surface area contributed by atoms with E-state index in [9.17, 15) is 0 Å². The SMILES string of the molecule is COc1cc(C)c(SCCCN)cc1C. The molecule has 0 saturated carbocycles. The Kier molecular flexibility index (Phi) is 4.99. The summed E-state index contributed by atoms with van der Waals surface area (Å²) in [6.45, 7) is 4.96. The molecule has 0 aliphatic rings. The summed E-state index contributed by atoms with van der Waals surface area (Å²) in [4.78, 5) is 1.33. The second kappa shape index (κ2) is 6.03. The minimum Gasteiger partial charge on any atom is -0.496 e. The Morgan fingerprint density at radius 2 is 2.00 bits per heavy atom. The summed E-state index contributed by atoms with van der Waals surface area (Å²) in [5.74, 6) is 2.05. The molecule has 0 atom stereocenters. The van der Waals surface area contributed by atoms with Gasteiger partial charge in [0, 0.05) is 4.90 Å². The summed E-state index contributed by atoms with van der Waals surface area (Å²) < 4.78 is 5.28. The van der Waals surface area contributed by atoms with Crippen LogP contribution in [0.4, 0.5) is 0 Å². The van der Waals surface area contributed by atoms with Crippen LogP contribution in [0, 0.1) is 13.8 Å². The van der Waals surface area contributed by atoms with Crippen molar-refractivity contribution in [1.29, 1.82) is 0 Å². The van der Waals surface area contributed by atoms with Crippen molar-refractivity contribution < 1.29 is 4.74 Å². The molecule has 0 fully saturated rings. The van der Waals surface area contributed by atoms with Gasteiger partial charge in [-0.05, 0) is 55.8 Å². The van der Waals surface area contributed by atoms with E-state index in [0.717, 1.165) is 24.5 Å². The van der Waals surface area contributed by atoms with E-state index in [1.165, 1.54) is 16.0 Å². The maximum absolute atomic E-state index is 5.47. The fourth-order valence-electron chi connectivity index (χ4n) is 1.40. The molecular weight excluding hydrogens is 206 g/mol. The fourth-order valence-corrected chi connectivity index (χ4v) is 2.48. The first-order valence-corrected chi connectivity index (χ1v) is 6.15. The first-order chi connectivity index (χ1) is 7.19. The molecule has 0 amide bonds. The van der Waals surface area contributed by atoms with E-state index in [1.54, 1.807) is 7.11 Å². The Morgan fingerprint density at radius 1 is 1.27 bits per heavy atom. The van der Waals surface area contributed by atoms with Gasteiger partial charge < -0.3 is 10.5 Å². The molecule has 0 saturated heterocycles. The number of rotatable bonds is 5. The van der Waals surface area contributed by atoms with Crippen LogP contribution < -0.4 is 10.5 Å². The first-order valence-electron chi connectivity index (χ1n) is 5.17. The maximum Gasteiger partial charge on any atom is 0.122 e. The van der Waals surface area contributed by atoms with E-state index in [-0.39, 0.29) is 0 Å². The van der Waals surface area contributed by atoms with Crippen LogP contribution in [0.15, 0.2) is 17.0 Å². The zero-order chi connectivity index (χ0) is 11.3. The van der Waals surface area contributed by atoms with E-state index in [0.29, 0.717) is 0 Å². The van der Waals surface area contributed by atoms with Crippen molar-refractivity contribution in [3.63, 3.8) is 0 Å². The molecule has 1 aromatic carbocycles. The van der Waals surface area contributed by atoms with Crippen LogP contribution in [0.3, 0.4) is 0 Å².